The summed E-state index contributed by atoms with van der Waals surface area (Å²) in [4.78, 5) is 31.5. The summed E-state index contributed by atoms with van der Waals surface area (Å²) in [5.74, 6) is -0.131. The number of pyridine rings is 1. The molecule has 4 rings (SSSR count). The van der Waals surface area contributed by atoms with Crippen molar-refractivity contribution in [3.8, 4) is 0 Å². The maximum absolute atomic E-state index is 13.0. The summed E-state index contributed by atoms with van der Waals surface area (Å²) in [5.41, 5.74) is 1.16. The number of piperidine rings is 1. The van der Waals surface area contributed by atoms with E-state index >= 15 is 0 Å². The van der Waals surface area contributed by atoms with Crippen molar-refractivity contribution in [3.05, 3.63) is 78.1 Å². The molecule has 4 heteroatoms. The van der Waals surface area contributed by atoms with Gasteiger partial charge >= 0.3 is 0 Å². The standard InChI is InChI=1S/C22H20N2O2/c25-21(18-11-10-16-6-1-2-7-17(16)14-18)19-8-5-13-24(15-19)22(26)20-9-3-4-12-23-20/h1-4,6-7,9-12,14,19H,5,8,13,15H2. The number of carbonyl (C=O) groups excluding carboxylic acids is 2. The summed E-state index contributed by atoms with van der Waals surface area (Å²) in [6.45, 7) is 1.14. The van der Waals surface area contributed by atoms with Gasteiger partial charge in [-0.15, -0.1) is 0 Å². The van der Waals surface area contributed by atoms with Crippen molar-refractivity contribution in [2.24, 2.45) is 5.92 Å². The normalized spacial score (nSPS) is 17.2. The largest absolute Gasteiger partial charge is 0.337 e. The molecule has 1 aromatic heterocycles. The van der Waals surface area contributed by atoms with Gasteiger partial charge < -0.3 is 4.90 Å². The summed E-state index contributed by atoms with van der Waals surface area (Å²) in [6, 6.07) is 19.2. The molecular weight excluding hydrogens is 324 g/mol. The van der Waals surface area contributed by atoms with Crippen molar-refractivity contribution in [2.75, 3.05) is 13.1 Å². The maximum Gasteiger partial charge on any atom is 0.272 e. The lowest BCUT2D eigenvalue weighted by Crippen LogP contribution is -2.42. The fourth-order valence-electron chi connectivity index (χ4n) is 3.61. The fraction of sp³-hybridized carbons (Fsp3) is 0.227. The molecule has 26 heavy (non-hydrogen) atoms. The van der Waals surface area contributed by atoms with Gasteiger partial charge in [0.1, 0.15) is 5.69 Å². The summed E-state index contributed by atoms with van der Waals surface area (Å²) in [5, 5.41) is 2.19. The Bertz CT molecular complexity index is 953. The topological polar surface area (TPSA) is 50.3 Å². The van der Waals surface area contributed by atoms with Gasteiger partial charge in [-0.3, -0.25) is 14.6 Å². The number of Topliss-reactive ketones (excluding diaryl/α,β-unsaturated/α-hetero) is 1. The molecular formula is C22H20N2O2. The first-order valence-electron chi connectivity index (χ1n) is 8.96. The van der Waals surface area contributed by atoms with Crippen LogP contribution in [0.2, 0.25) is 0 Å². The molecule has 1 aliphatic rings. The lowest BCUT2D eigenvalue weighted by molar-refractivity contribution is 0.0632. The first-order valence-corrected chi connectivity index (χ1v) is 8.96. The maximum atomic E-state index is 13.0. The van der Waals surface area contributed by atoms with Gasteiger partial charge in [0, 0.05) is 30.8 Å². The molecule has 130 valence electrons. The Morgan fingerprint density at radius 3 is 2.58 bits per heavy atom. The summed E-state index contributed by atoms with van der Waals surface area (Å²) < 4.78 is 0. The number of benzene rings is 2. The third-order valence-corrected chi connectivity index (χ3v) is 5.00. The van der Waals surface area contributed by atoms with Crippen LogP contribution >= 0.6 is 0 Å². The van der Waals surface area contributed by atoms with E-state index in [0.717, 1.165) is 29.2 Å². The van der Waals surface area contributed by atoms with Crippen molar-refractivity contribution in [2.45, 2.75) is 12.8 Å². The molecule has 0 bridgehead atoms. The third-order valence-electron chi connectivity index (χ3n) is 5.00. The second kappa shape index (κ2) is 7.08. The van der Waals surface area contributed by atoms with Gasteiger partial charge in [0.25, 0.3) is 5.91 Å². The molecule has 0 N–H and O–H groups in total. The predicted octanol–water partition coefficient (Wildman–Crippen LogP) is 3.97. The van der Waals surface area contributed by atoms with E-state index in [4.69, 9.17) is 0 Å². The van der Waals surface area contributed by atoms with Gasteiger partial charge in [-0.1, -0.05) is 42.5 Å². The molecule has 2 heterocycles. The molecule has 1 saturated heterocycles. The summed E-state index contributed by atoms with van der Waals surface area (Å²) in [6.07, 6.45) is 3.27. The molecule has 0 spiro atoms. The molecule has 0 radical (unpaired) electrons. The van der Waals surface area contributed by atoms with Crippen molar-refractivity contribution >= 4 is 22.5 Å². The number of amides is 1. The number of nitrogens with zero attached hydrogens (tertiary/aromatic N) is 2. The van der Waals surface area contributed by atoms with Crippen LogP contribution in [0.1, 0.15) is 33.7 Å². The smallest absolute Gasteiger partial charge is 0.272 e. The Balaban J connectivity index is 1.53. The second-order valence-corrected chi connectivity index (χ2v) is 6.73. The minimum absolute atomic E-state index is 0.0957. The van der Waals surface area contributed by atoms with Gasteiger partial charge in [-0.2, -0.15) is 0 Å². The zero-order valence-electron chi connectivity index (χ0n) is 14.5. The van der Waals surface area contributed by atoms with Crippen LogP contribution < -0.4 is 0 Å². The van der Waals surface area contributed by atoms with Crippen LogP contribution in [0.15, 0.2) is 66.9 Å². The highest BCUT2D eigenvalue weighted by atomic mass is 16.2. The number of hydrogen-bond donors (Lipinski definition) is 0. The highest BCUT2D eigenvalue weighted by Gasteiger charge is 2.29. The molecule has 1 aliphatic heterocycles. The van der Waals surface area contributed by atoms with E-state index in [1.165, 1.54) is 0 Å². The Kier molecular flexibility index (Phi) is 4.48. The summed E-state index contributed by atoms with van der Waals surface area (Å²) >= 11 is 0. The summed E-state index contributed by atoms with van der Waals surface area (Å²) in [7, 11) is 0. The van der Waals surface area contributed by atoms with E-state index in [1.54, 1.807) is 23.2 Å². The highest BCUT2D eigenvalue weighted by Crippen LogP contribution is 2.24. The molecule has 0 saturated carbocycles. The molecule has 1 amide bonds. The van der Waals surface area contributed by atoms with E-state index in [2.05, 4.69) is 4.98 Å². The minimum atomic E-state index is -0.155. The number of carbonyl (C=O) groups is 2. The van der Waals surface area contributed by atoms with Crippen LogP contribution in [0.4, 0.5) is 0 Å². The van der Waals surface area contributed by atoms with Gasteiger partial charge in [-0.05, 0) is 41.8 Å². The average Bonchev–Trinajstić information content (AvgIpc) is 2.73. The van der Waals surface area contributed by atoms with Crippen molar-refractivity contribution in [3.63, 3.8) is 0 Å². The number of fused-ring (bicyclic) bond motifs is 1. The SMILES string of the molecule is O=C(c1ccc2ccccc2c1)C1CCCN(C(=O)c2ccccn2)C1. The number of hydrogen-bond acceptors (Lipinski definition) is 3. The first-order chi connectivity index (χ1) is 12.7. The van der Waals surface area contributed by atoms with Gasteiger partial charge in [-0.25, -0.2) is 0 Å². The van der Waals surface area contributed by atoms with Crippen LogP contribution in [0, 0.1) is 5.92 Å². The predicted molar refractivity (Wildman–Crippen MR) is 101 cm³/mol. The van der Waals surface area contributed by atoms with Crippen LogP contribution in [0.3, 0.4) is 0 Å². The molecule has 1 unspecified atom stereocenters. The Hall–Kier alpha value is -3.01. The number of aromatic nitrogens is 1. The zero-order chi connectivity index (χ0) is 17.9. The van der Waals surface area contributed by atoms with E-state index < -0.39 is 0 Å². The Morgan fingerprint density at radius 2 is 1.77 bits per heavy atom. The number of likely N-dealkylation sites (tertiary alicyclic amines) is 1. The lowest BCUT2D eigenvalue weighted by Gasteiger charge is -2.31. The van der Waals surface area contributed by atoms with Crippen LogP contribution in [0.5, 0.6) is 0 Å². The quantitative estimate of drug-likeness (QED) is 0.676. The monoisotopic (exact) mass is 344 g/mol. The highest BCUT2D eigenvalue weighted by molar-refractivity contribution is 6.02. The van der Waals surface area contributed by atoms with Crippen LogP contribution in [-0.4, -0.2) is 34.7 Å². The fourth-order valence-corrected chi connectivity index (χ4v) is 3.61. The van der Waals surface area contributed by atoms with Crippen LogP contribution in [-0.2, 0) is 0 Å². The van der Waals surface area contributed by atoms with Gasteiger partial charge in [0.2, 0.25) is 0 Å². The molecule has 3 aromatic rings. The van der Waals surface area contributed by atoms with Crippen LogP contribution in [0.25, 0.3) is 10.8 Å². The van der Waals surface area contributed by atoms with Crippen molar-refractivity contribution in [1.82, 2.24) is 9.88 Å². The van der Waals surface area contributed by atoms with E-state index in [0.29, 0.717) is 18.8 Å². The molecule has 4 nitrogen and oxygen atoms in total. The Morgan fingerprint density at radius 1 is 0.962 bits per heavy atom. The average molecular weight is 344 g/mol. The van der Waals surface area contributed by atoms with Crippen molar-refractivity contribution in [1.29, 1.82) is 0 Å². The molecule has 1 atom stereocenters. The number of rotatable bonds is 3. The second-order valence-electron chi connectivity index (χ2n) is 6.73. The van der Waals surface area contributed by atoms with E-state index in [1.807, 2.05) is 48.5 Å². The first kappa shape index (κ1) is 16.5. The minimum Gasteiger partial charge on any atom is -0.337 e. The number of ketones is 1. The van der Waals surface area contributed by atoms with Crippen molar-refractivity contribution < 1.29 is 9.59 Å². The third kappa shape index (κ3) is 3.23. The van der Waals surface area contributed by atoms with E-state index in [-0.39, 0.29) is 17.6 Å². The molecule has 2 aromatic carbocycles. The van der Waals surface area contributed by atoms with Gasteiger partial charge in [0.05, 0.1) is 0 Å². The van der Waals surface area contributed by atoms with Gasteiger partial charge in [0.15, 0.2) is 5.78 Å². The molecule has 0 aliphatic carbocycles. The lowest BCUT2D eigenvalue weighted by atomic mass is 9.89. The zero-order valence-corrected chi connectivity index (χ0v) is 14.5. The Labute approximate surface area is 152 Å². The molecule has 1 fully saturated rings. The van der Waals surface area contributed by atoms with E-state index in [9.17, 15) is 9.59 Å².